The van der Waals surface area contributed by atoms with Gasteiger partial charge in [-0.05, 0) is 42.8 Å². The van der Waals surface area contributed by atoms with Crippen LogP contribution < -0.4 is 15.4 Å². The number of ether oxygens (including phenoxy) is 1. The molecule has 0 aliphatic rings. The first kappa shape index (κ1) is 21.0. The standard InChI is InChI=1S/C18H22ClN3O4S/c1-12-14(19)6-5-7-15(12)20-11-18(23)21-16-10-13(8-9-17(16)26-4)27(24,25)22(2)3/h5-10,20H,11H2,1-4H3,(H,21,23). The van der Waals surface area contributed by atoms with E-state index in [1.807, 2.05) is 13.0 Å². The summed E-state index contributed by atoms with van der Waals surface area (Å²) >= 11 is 6.07. The highest BCUT2D eigenvalue weighted by molar-refractivity contribution is 7.89. The van der Waals surface area contributed by atoms with Gasteiger partial charge in [0, 0.05) is 24.8 Å². The van der Waals surface area contributed by atoms with Crippen molar-refractivity contribution < 1.29 is 17.9 Å². The van der Waals surface area contributed by atoms with Crippen molar-refractivity contribution in [3.63, 3.8) is 0 Å². The molecule has 1 amide bonds. The van der Waals surface area contributed by atoms with Gasteiger partial charge in [-0.25, -0.2) is 12.7 Å². The third-order valence-electron chi connectivity index (χ3n) is 3.93. The quantitative estimate of drug-likeness (QED) is 0.731. The number of benzene rings is 2. The fourth-order valence-corrected chi connectivity index (χ4v) is 3.43. The molecule has 0 fully saturated rings. The molecule has 9 heteroatoms. The van der Waals surface area contributed by atoms with Gasteiger partial charge in [-0.1, -0.05) is 17.7 Å². The van der Waals surface area contributed by atoms with Crippen LogP contribution in [0, 0.1) is 6.92 Å². The van der Waals surface area contributed by atoms with E-state index in [-0.39, 0.29) is 23.0 Å². The SMILES string of the molecule is COc1ccc(S(=O)(=O)N(C)C)cc1NC(=O)CNc1cccc(Cl)c1C. The molecule has 0 bridgehead atoms. The molecule has 27 heavy (non-hydrogen) atoms. The van der Waals surface area contributed by atoms with Gasteiger partial charge in [0.25, 0.3) is 0 Å². The molecule has 0 spiro atoms. The average Bonchev–Trinajstić information content (AvgIpc) is 2.62. The molecular formula is C18H22ClN3O4S. The first-order valence-corrected chi connectivity index (χ1v) is 9.88. The number of rotatable bonds is 7. The minimum atomic E-state index is -3.63. The van der Waals surface area contributed by atoms with Crippen molar-refractivity contribution in [3.05, 3.63) is 47.0 Å². The zero-order valence-electron chi connectivity index (χ0n) is 15.5. The lowest BCUT2D eigenvalue weighted by Crippen LogP contribution is -2.24. The summed E-state index contributed by atoms with van der Waals surface area (Å²) in [6.07, 6.45) is 0. The number of carbonyl (C=O) groups excluding carboxylic acids is 1. The topological polar surface area (TPSA) is 87.7 Å². The Balaban J connectivity index is 2.18. The van der Waals surface area contributed by atoms with E-state index in [2.05, 4.69) is 10.6 Å². The monoisotopic (exact) mass is 411 g/mol. The maximum absolute atomic E-state index is 12.3. The minimum absolute atomic E-state index is 0.0189. The molecule has 0 atom stereocenters. The smallest absolute Gasteiger partial charge is 0.243 e. The first-order chi connectivity index (χ1) is 12.7. The van der Waals surface area contributed by atoms with Gasteiger partial charge in [0.05, 0.1) is 24.2 Å². The molecule has 0 heterocycles. The zero-order valence-corrected chi connectivity index (χ0v) is 17.1. The molecule has 2 rings (SSSR count). The number of halogens is 1. The minimum Gasteiger partial charge on any atom is -0.495 e. The van der Waals surface area contributed by atoms with E-state index in [0.29, 0.717) is 10.8 Å². The molecule has 2 aromatic rings. The molecule has 2 aromatic carbocycles. The van der Waals surface area contributed by atoms with Crippen molar-refractivity contribution in [1.82, 2.24) is 4.31 Å². The Morgan fingerprint density at radius 3 is 2.52 bits per heavy atom. The van der Waals surface area contributed by atoms with Crippen LogP contribution >= 0.6 is 11.6 Å². The second-order valence-corrected chi connectivity index (χ2v) is 8.52. The molecule has 0 aliphatic carbocycles. The molecule has 146 valence electrons. The third kappa shape index (κ3) is 4.91. The normalized spacial score (nSPS) is 11.3. The molecule has 0 saturated heterocycles. The van der Waals surface area contributed by atoms with Gasteiger partial charge in [-0.3, -0.25) is 4.79 Å². The summed E-state index contributed by atoms with van der Waals surface area (Å²) in [7, 11) is 0.693. The third-order valence-corrected chi connectivity index (χ3v) is 6.15. The van der Waals surface area contributed by atoms with E-state index in [0.717, 1.165) is 15.6 Å². The van der Waals surface area contributed by atoms with Gasteiger partial charge in [-0.15, -0.1) is 0 Å². The number of sulfonamides is 1. The zero-order chi connectivity index (χ0) is 20.2. The predicted molar refractivity (Wildman–Crippen MR) is 107 cm³/mol. The van der Waals surface area contributed by atoms with Crippen LogP contribution in [0.4, 0.5) is 11.4 Å². The Hall–Kier alpha value is -2.29. The fourth-order valence-electron chi connectivity index (χ4n) is 2.32. The van der Waals surface area contributed by atoms with Crippen LogP contribution in [0.1, 0.15) is 5.56 Å². The number of hydrogen-bond acceptors (Lipinski definition) is 5. The molecule has 0 aromatic heterocycles. The van der Waals surface area contributed by atoms with E-state index in [9.17, 15) is 13.2 Å². The van der Waals surface area contributed by atoms with Crippen LogP contribution in [0.15, 0.2) is 41.3 Å². The largest absolute Gasteiger partial charge is 0.495 e. The van der Waals surface area contributed by atoms with Crippen LogP contribution in [0.3, 0.4) is 0 Å². The number of nitrogens with zero attached hydrogens (tertiary/aromatic N) is 1. The number of anilines is 2. The number of amides is 1. The van der Waals surface area contributed by atoms with E-state index in [1.54, 1.807) is 12.1 Å². The highest BCUT2D eigenvalue weighted by Gasteiger charge is 2.19. The van der Waals surface area contributed by atoms with Crippen molar-refractivity contribution in [1.29, 1.82) is 0 Å². The Morgan fingerprint density at radius 2 is 1.89 bits per heavy atom. The number of methoxy groups -OCH3 is 1. The summed E-state index contributed by atoms with van der Waals surface area (Å²) in [6, 6.07) is 9.67. The van der Waals surface area contributed by atoms with Gasteiger partial charge >= 0.3 is 0 Å². The summed E-state index contributed by atoms with van der Waals surface area (Å²) < 4.78 is 30.9. The highest BCUT2D eigenvalue weighted by Crippen LogP contribution is 2.28. The fraction of sp³-hybridized carbons (Fsp3) is 0.278. The summed E-state index contributed by atoms with van der Waals surface area (Å²) in [5.74, 6) is 0.00655. The number of carbonyl (C=O) groups is 1. The van der Waals surface area contributed by atoms with Crippen molar-refractivity contribution >= 4 is 38.9 Å². The molecule has 0 unspecified atom stereocenters. The van der Waals surface area contributed by atoms with Crippen molar-refractivity contribution in [2.45, 2.75) is 11.8 Å². The van der Waals surface area contributed by atoms with Gasteiger partial charge in [0.15, 0.2) is 0 Å². The average molecular weight is 412 g/mol. The Kier molecular flexibility index (Phi) is 6.69. The second-order valence-electron chi connectivity index (χ2n) is 5.96. The molecule has 7 nitrogen and oxygen atoms in total. The second kappa shape index (κ2) is 8.60. The van der Waals surface area contributed by atoms with Gasteiger partial charge in [0.2, 0.25) is 15.9 Å². The first-order valence-electron chi connectivity index (χ1n) is 8.06. The molecule has 0 radical (unpaired) electrons. The van der Waals surface area contributed by atoms with Crippen LogP contribution in [0.2, 0.25) is 5.02 Å². The van der Waals surface area contributed by atoms with E-state index in [1.165, 1.54) is 39.4 Å². The Bertz CT molecular complexity index is 946. The lowest BCUT2D eigenvalue weighted by molar-refractivity contribution is -0.114. The molecular weight excluding hydrogens is 390 g/mol. The van der Waals surface area contributed by atoms with Gasteiger partial charge < -0.3 is 15.4 Å². The van der Waals surface area contributed by atoms with E-state index < -0.39 is 10.0 Å². The molecule has 2 N–H and O–H groups in total. The lowest BCUT2D eigenvalue weighted by atomic mass is 10.2. The van der Waals surface area contributed by atoms with Gasteiger partial charge in [-0.2, -0.15) is 0 Å². The number of nitrogens with one attached hydrogen (secondary N) is 2. The van der Waals surface area contributed by atoms with E-state index in [4.69, 9.17) is 16.3 Å². The Morgan fingerprint density at radius 1 is 1.19 bits per heavy atom. The predicted octanol–water partition coefficient (Wildman–Crippen LogP) is 2.96. The summed E-state index contributed by atoms with van der Waals surface area (Å²) in [5.41, 5.74) is 1.85. The lowest BCUT2D eigenvalue weighted by Gasteiger charge is -2.16. The van der Waals surface area contributed by atoms with Crippen molar-refractivity contribution in [2.24, 2.45) is 0 Å². The van der Waals surface area contributed by atoms with E-state index >= 15 is 0 Å². The molecule has 0 saturated carbocycles. The maximum Gasteiger partial charge on any atom is 0.243 e. The van der Waals surface area contributed by atoms with Gasteiger partial charge in [0.1, 0.15) is 5.75 Å². The maximum atomic E-state index is 12.3. The summed E-state index contributed by atoms with van der Waals surface area (Å²) in [5, 5.41) is 6.29. The van der Waals surface area contributed by atoms with Crippen LogP contribution in [-0.2, 0) is 14.8 Å². The molecule has 0 aliphatic heterocycles. The van der Waals surface area contributed by atoms with Crippen LogP contribution in [0.5, 0.6) is 5.75 Å². The Labute approximate surface area is 164 Å². The van der Waals surface area contributed by atoms with Crippen LogP contribution in [-0.4, -0.2) is 46.4 Å². The summed E-state index contributed by atoms with van der Waals surface area (Å²) in [6.45, 7) is 1.83. The highest BCUT2D eigenvalue weighted by atomic mass is 35.5. The van der Waals surface area contributed by atoms with Crippen molar-refractivity contribution in [2.75, 3.05) is 38.4 Å². The van der Waals surface area contributed by atoms with Crippen molar-refractivity contribution in [3.8, 4) is 5.75 Å². The van der Waals surface area contributed by atoms with Crippen LogP contribution in [0.25, 0.3) is 0 Å². The summed E-state index contributed by atoms with van der Waals surface area (Å²) in [4.78, 5) is 12.4. The number of hydrogen-bond donors (Lipinski definition) is 2.